The standard InChI is InChI=1S/C10H10BrFO/c1-6-5-10(6,13)8-4-7(12)2-3-9(8)11/h2-4,6,13H,5H2,1H3. The van der Waals surface area contributed by atoms with Crippen molar-refractivity contribution in [3.63, 3.8) is 0 Å². The summed E-state index contributed by atoms with van der Waals surface area (Å²) in [5, 5.41) is 9.98. The molecule has 2 rings (SSSR count). The molecule has 70 valence electrons. The molecule has 0 spiro atoms. The summed E-state index contributed by atoms with van der Waals surface area (Å²) in [6.07, 6.45) is 0.717. The van der Waals surface area contributed by atoms with Crippen LogP contribution in [0.2, 0.25) is 0 Å². The summed E-state index contributed by atoms with van der Waals surface area (Å²) >= 11 is 3.31. The minimum Gasteiger partial charge on any atom is -0.385 e. The lowest BCUT2D eigenvalue weighted by molar-refractivity contribution is 0.133. The summed E-state index contributed by atoms with van der Waals surface area (Å²) in [5.74, 6) is -0.0728. The van der Waals surface area contributed by atoms with Crippen LogP contribution in [0.4, 0.5) is 4.39 Å². The van der Waals surface area contributed by atoms with Gasteiger partial charge in [-0.3, -0.25) is 0 Å². The Bertz CT molecular complexity index is 353. The van der Waals surface area contributed by atoms with Gasteiger partial charge in [-0.05, 0) is 30.5 Å². The maximum atomic E-state index is 12.9. The zero-order valence-electron chi connectivity index (χ0n) is 7.22. The number of rotatable bonds is 1. The van der Waals surface area contributed by atoms with Gasteiger partial charge >= 0.3 is 0 Å². The monoisotopic (exact) mass is 244 g/mol. The second-order valence-electron chi connectivity index (χ2n) is 3.65. The van der Waals surface area contributed by atoms with Crippen LogP contribution in [0.15, 0.2) is 22.7 Å². The number of aliphatic hydroxyl groups is 1. The Kier molecular flexibility index (Phi) is 1.96. The maximum Gasteiger partial charge on any atom is 0.123 e. The lowest BCUT2D eigenvalue weighted by Gasteiger charge is -2.11. The fraction of sp³-hybridized carbons (Fsp3) is 0.400. The van der Waals surface area contributed by atoms with Crippen LogP contribution in [0.5, 0.6) is 0 Å². The zero-order valence-corrected chi connectivity index (χ0v) is 8.81. The average molecular weight is 245 g/mol. The first-order chi connectivity index (χ1) is 6.04. The zero-order chi connectivity index (χ0) is 9.64. The van der Waals surface area contributed by atoms with Crippen molar-refractivity contribution in [2.45, 2.75) is 18.9 Å². The van der Waals surface area contributed by atoms with Gasteiger partial charge in [-0.2, -0.15) is 0 Å². The van der Waals surface area contributed by atoms with Crippen molar-refractivity contribution < 1.29 is 9.50 Å². The average Bonchev–Trinajstić information content (AvgIpc) is 2.66. The van der Waals surface area contributed by atoms with Crippen molar-refractivity contribution >= 4 is 15.9 Å². The molecule has 1 fully saturated rings. The molecule has 1 nitrogen and oxygen atoms in total. The van der Waals surface area contributed by atoms with E-state index in [0.717, 1.165) is 10.9 Å². The molecule has 13 heavy (non-hydrogen) atoms. The van der Waals surface area contributed by atoms with Gasteiger partial charge in [-0.25, -0.2) is 4.39 Å². The van der Waals surface area contributed by atoms with Crippen molar-refractivity contribution in [3.8, 4) is 0 Å². The van der Waals surface area contributed by atoms with Crippen LogP contribution in [-0.2, 0) is 5.60 Å². The van der Waals surface area contributed by atoms with E-state index in [1.54, 1.807) is 6.07 Å². The van der Waals surface area contributed by atoms with E-state index in [1.807, 2.05) is 6.92 Å². The second kappa shape index (κ2) is 2.79. The van der Waals surface area contributed by atoms with Crippen LogP contribution >= 0.6 is 15.9 Å². The van der Waals surface area contributed by atoms with Crippen molar-refractivity contribution in [1.29, 1.82) is 0 Å². The van der Waals surface area contributed by atoms with E-state index >= 15 is 0 Å². The summed E-state index contributed by atoms with van der Waals surface area (Å²) in [6.45, 7) is 1.96. The predicted molar refractivity (Wildman–Crippen MR) is 51.8 cm³/mol. The van der Waals surface area contributed by atoms with Crippen molar-refractivity contribution in [2.75, 3.05) is 0 Å². The number of halogens is 2. The molecule has 1 aromatic rings. The Morgan fingerprint density at radius 3 is 2.77 bits per heavy atom. The van der Waals surface area contributed by atoms with Crippen molar-refractivity contribution in [2.24, 2.45) is 5.92 Å². The minimum absolute atomic E-state index is 0.227. The molecule has 0 bridgehead atoms. The number of hydrogen-bond donors (Lipinski definition) is 1. The van der Waals surface area contributed by atoms with E-state index in [0.29, 0.717) is 5.56 Å². The van der Waals surface area contributed by atoms with Gasteiger partial charge in [0.2, 0.25) is 0 Å². The number of benzene rings is 1. The van der Waals surface area contributed by atoms with E-state index in [4.69, 9.17) is 0 Å². The lowest BCUT2D eigenvalue weighted by Crippen LogP contribution is -2.08. The Labute approximate surface area is 84.7 Å². The van der Waals surface area contributed by atoms with Gasteiger partial charge in [-0.1, -0.05) is 22.9 Å². The van der Waals surface area contributed by atoms with Crippen molar-refractivity contribution in [3.05, 3.63) is 34.1 Å². The van der Waals surface area contributed by atoms with E-state index in [2.05, 4.69) is 15.9 Å². The highest BCUT2D eigenvalue weighted by atomic mass is 79.9. The van der Waals surface area contributed by atoms with Gasteiger partial charge in [-0.15, -0.1) is 0 Å². The van der Waals surface area contributed by atoms with Crippen LogP contribution in [0.1, 0.15) is 18.9 Å². The smallest absolute Gasteiger partial charge is 0.123 e. The highest BCUT2D eigenvalue weighted by Gasteiger charge is 2.52. The fourth-order valence-electron chi connectivity index (χ4n) is 1.61. The van der Waals surface area contributed by atoms with Crippen molar-refractivity contribution in [1.82, 2.24) is 0 Å². The summed E-state index contributed by atoms with van der Waals surface area (Å²) in [6, 6.07) is 4.41. The molecular weight excluding hydrogens is 235 g/mol. The molecule has 1 saturated carbocycles. The molecular formula is C10H10BrFO. The molecule has 0 radical (unpaired) electrons. The van der Waals surface area contributed by atoms with Crippen LogP contribution in [0, 0.1) is 11.7 Å². The summed E-state index contributed by atoms with van der Waals surface area (Å²) < 4.78 is 13.7. The Hall–Kier alpha value is -0.410. The van der Waals surface area contributed by atoms with Gasteiger partial charge in [0, 0.05) is 10.0 Å². The topological polar surface area (TPSA) is 20.2 Å². The molecule has 1 aliphatic carbocycles. The summed E-state index contributed by atoms with van der Waals surface area (Å²) in [5.41, 5.74) is -0.138. The molecule has 0 saturated heterocycles. The fourth-order valence-corrected chi connectivity index (χ4v) is 2.20. The quantitative estimate of drug-likeness (QED) is 0.806. The molecule has 0 aliphatic heterocycles. The molecule has 1 aromatic carbocycles. The minimum atomic E-state index is -0.805. The number of hydrogen-bond acceptors (Lipinski definition) is 1. The van der Waals surface area contributed by atoms with Crippen LogP contribution < -0.4 is 0 Å². The van der Waals surface area contributed by atoms with Crippen LogP contribution in [-0.4, -0.2) is 5.11 Å². The van der Waals surface area contributed by atoms with E-state index in [9.17, 15) is 9.50 Å². The van der Waals surface area contributed by atoms with E-state index in [1.165, 1.54) is 12.1 Å². The van der Waals surface area contributed by atoms with Gasteiger partial charge in [0.1, 0.15) is 5.82 Å². The molecule has 1 N–H and O–H groups in total. The first kappa shape index (κ1) is 9.16. The Morgan fingerprint density at radius 1 is 1.62 bits per heavy atom. The Balaban J connectivity index is 2.46. The molecule has 0 heterocycles. The normalized spacial score (nSPS) is 31.8. The van der Waals surface area contributed by atoms with Crippen LogP contribution in [0.25, 0.3) is 0 Å². The lowest BCUT2D eigenvalue weighted by atomic mass is 10.1. The molecule has 3 heteroatoms. The third kappa shape index (κ3) is 1.40. The molecule has 1 aliphatic rings. The molecule has 2 unspecified atom stereocenters. The summed E-state index contributed by atoms with van der Waals surface area (Å²) in [7, 11) is 0. The highest BCUT2D eigenvalue weighted by molar-refractivity contribution is 9.10. The SMILES string of the molecule is CC1CC1(O)c1cc(F)ccc1Br. The predicted octanol–water partition coefficient (Wildman–Crippen LogP) is 2.82. The second-order valence-corrected chi connectivity index (χ2v) is 4.51. The highest BCUT2D eigenvalue weighted by Crippen LogP contribution is 2.53. The van der Waals surface area contributed by atoms with Gasteiger partial charge in [0.25, 0.3) is 0 Å². The third-order valence-corrected chi connectivity index (χ3v) is 3.36. The third-order valence-electron chi connectivity index (χ3n) is 2.67. The first-order valence-electron chi connectivity index (χ1n) is 4.22. The van der Waals surface area contributed by atoms with Gasteiger partial charge in [0.15, 0.2) is 0 Å². The van der Waals surface area contributed by atoms with Gasteiger partial charge in [0.05, 0.1) is 5.60 Å². The molecule has 0 amide bonds. The molecule has 0 aromatic heterocycles. The molecule has 2 atom stereocenters. The maximum absolute atomic E-state index is 12.9. The van der Waals surface area contributed by atoms with E-state index in [-0.39, 0.29) is 11.7 Å². The summed E-state index contributed by atoms with van der Waals surface area (Å²) in [4.78, 5) is 0. The van der Waals surface area contributed by atoms with E-state index < -0.39 is 5.60 Å². The van der Waals surface area contributed by atoms with Crippen LogP contribution in [0.3, 0.4) is 0 Å². The van der Waals surface area contributed by atoms with Gasteiger partial charge < -0.3 is 5.11 Å². The largest absolute Gasteiger partial charge is 0.385 e. The Morgan fingerprint density at radius 2 is 2.23 bits per heavy atom. The first-order valence-corrected chi connectivity index (χ1v) is 5.01.